The van der Waals surface area contributed by atoms with Crippen LogP contribution >= 0.6 is 0 Å². The van der Waals surface area contributed by atoms with E-state index in [1.807, 2.05) is 0 Å². The van der Waals surface area contributed by atoms with Gasteiger partial charge < -0.3 is 20.1 Å². The summed E-state index contributed by atoms with van der Waals surface area (Å²) >= 11 is 0. The van der Waals surface area contributed by atoms with Gasteiger partial charge in [0.25, 0.3) is 5.91 Å². The van der Waals surface area contributed by atoms with Crippen LogP contribution in [0.5, 0.6) is 11.5 Å². The van der Waals surface area contributed by atoms with Gasteiger partial charge >= 0.3 is 12.1 Å². The molecule has 2 N–H and O–H groups in total. The van der Waals surface area contributed by atoms with Gasteiger partial charge in [-0.3, -0.25) is 9.59 Å². The molecule has 0 aliphatic carbocycles. The van der Waals surface area contributed by atoms with E-state index in [1.165, 1.54) is 24.3 Å². The molecule has 1 aromatic rings. The van der Waals surface area contributed by atoms with Crippen molar-refractivity contribution in [2.75, 3.05) is 13.1 Å². The van der Waals surface area contributed by atoms with Gasteiger partial charge in [0.05, 0.1) is 0 Å². The molecule has 0 bridgehead atoms. The molecule has 9 heteroatoms. The summed E-state index contributed by atoms with van der Waals surface area (Å²) < 4.78 is 42.6. The van der Waals surface area contributed by atoms with E-state index in [4.69, 9.17) is 4.74 Å². The van der Waals surface area contributed by atoms with E-state index in [9.17, 15) is 27.9 Å². The number of rotatable bonds is 4. The Balaban J connectivity index is 1.80. The monoisotopic (exact) mass is 360 g/mol. The quantitative estimate of drug-likeness (QED) is 0.859. The summed E-state index contributed by atoms with van der Waals surface area (Å²) in [5, 5.41) is 11.9. The lowest BCUT2D eigenvalue weighted by Crippen LogP contribution is -2.51. The van der Waals surface area contributed by atoms with Crippen LogP contribution in [-0.4, -0.2) is 53.2 Å². The van der Waals surface area contributed by atoms with E-state index in [0.717, 1.165) is 4.90 Å². The highest BCUT2D eigenvalue weighted by Crippen LogP contribution is 2.22. The minimum atomic E-state index is -4.87. The van der Waals surface area contributed by atoms with Gasteiger partial charge in [0.1, 0.15) is 11.5 Å². The number of nitrogens with zero attached hydrogens (tertiary/aromatic N) is 1. The van der Waals surface area contributed by atoms with Gasteiger partial charge in [-0.15, -0.1) is 0 Å². The molecule has 1 aliphatic rings. The van der Waals surface area contributed by atoms with Gasteiger partial charge in [-0.1, -0.05) is 0 Å². The van der Waals surface area contributed by atoms with Crippen molar-refractivity contribution in [1.29, 1.82) is 0 Å². The van der Waals surface area contributed by atoms with Gasteiger partial charge in [0.2, 0.25) is 0 Å². The number of carbonyl (C=O) groups excluding carboxylic acids is 2. The number of alkyl halides is 3. The third-order valence-corrected chi connectivity index (χ3v) is 3.89. The van der Waals surface area contributed by atoms with Crippen molar-refractivity contribution in [3.63, 3.8) is 0 Å². The molecular weight excluding hydrogens is 341 g/mol. The van der Waals surface area contributed by atoms with E-state index in [-0.39, 0.29) is 37.7 Å². The summed E-state index contributed by atoms with van der Waals surface area (Å²) in [6.45, 7) is 1.43. The van der Waals surface area contributed by atoms with Crippen LogP contribution in [-0.2, 0) is 9.59 Å². The van der Waals surface area contributed by atoms with E-state index < -0.39 is 24.1 Å². The molecular formula is C16H19F3N2O4. The molecule has 1 aromatic carbocycles. The number of likely N-dealkylation sites (tertiary alicyclic amines) is 1. The first-order chi connectivity index (χ1) is 11.7. The number of aromatic hydroxyl groups is 1. The summed E-state index contributed by atoms with van der Waals surface area (Å²) in [5.74, 6) is -1.76. The van der Waals surface area contributed by atoms with Crippen LogP contribution in [0.25, 0.3) is 0 Å². The number of ether oxygens (including phenoxy) is 1. The first kappa shape index (κ1) is 18.9. The second-order valence-corrected chi connectivity index (χ2v) is 5.83. The van der Waals surface area contributed by atoms with Crippen LogP contribution in [0.15, 0.2) is 24.3 Å². The Morgan fingerprint density at radius 3 is 2.32 bits per heavy atom. The highest BCUT2D eigenvalue weighted by atomic mass is 19.4. The standard InChI is InChI=1S/C16H19F3N2O4/c1-10(25-13-4-2-12(22)3-5-13)14(23)20-11-6-8-21(9-7-11)15(24)16(17,18)19/h2-5,10-11,22H,6-9H2,1H3,(H,20,23). The summed E-state index contributed by atoms with van der Waals surface area (Å²) in [6.07, 6.45) is -5.18. The predicted molar refractivity (Wildman–Crippen MR) is 82.0 cm³/mol. The number of carbonyl (C=O) groups is 2. The third kappa shape index (κ3) is 5.27. The Bertz CT molecular complexity index is 611. The largest absolute Gasteiger partial charge is 0.508 e. The lowest BCUT2D eigenvalue weighted by molar-refractivity contribution is -0.186. The third-order valence-electron chi connectivity index (χ3n) is 3.89. The number of hydrogen-bond donors (Lipinski definition) is 2. The highest BCUT2D eigenvalue weighted by Gasteiger charge is 2.43. The van der Waals surface area contributed by atoms with E-state index in [1.54, 1.807) is 6.92 Å². The molecule has 1 heterocycles. The van der Waals surface area contributed by atoms with Crippen molar-refractivity contribution in [2.45, 2.75) is 38.1 Å². The van der Waals surface area contributed by atoms with Gasteiger partial charge in [0.15, 0.2) is 6.10 Å². The zero-order chi connectivity index (χ0) is 18.6. The topological polar surface area (TPSA) is 78.9 Å². The van der Waals surface area contributed by atoms with E-state index in [2.05, 4.69) is 5.32 Å². The fourth-order valence-corrected chi connectivity index (χ4v) is 2.51. The number of hydrogen-bond acceptors (Lipinski definition) is 4. The average Bonchev–Trinajstić information content (AvgIpc) is 2.56. The highest BCUT2D eigenvalue weighted by molar-refractivity contribution is 5.82. The molecule has 1 unspecified atom stereocenters. The molecule has 1 atom stereocenters. The summed E-state index contributed by atoms with van der Waals surface area (Å²) in [4.78, 5) is 24.0. The smallest absolute Gasteiger partial charge is 0.471 e. The second-order valence-electron chi connectivity index (χ2n) is 5.83. The normalized spacial score (nSPS) is 17.0. The Morgan fingerprint density at radius 1 is 1.24 bits per heavy atom. The first-order valence-electron chi connectivity index (χ1n) is 7.79. The first-order valence-corrected chi connectivity index (χ1v) is 7.79. The van der Waals surface area contributed by atoms with E-state index >= 15 is 0 Å². The summed E-state index contributed by atoms with van der Waals surface area (Å²) in [7, 11) is 0. The number of piperidine rings is 1. The molecule has 6 nitrogen and oxygen atoms in total. The van der Waals surface area contributed by atoms with Crippen LogP contribution in [0.1, 0.15) is 19.8 Å². The minimum absolute atomic E-state index is 0.0590. The Labute approximate surface area is 142 Å². The molecule has 1 saturated heterocycles. The maximum Gasteiger partial charge on any atom is 0.471 e. The van der Waals surface area contributed by atoms with Gasteiger partial charge in [-0.25, -0.2) is 0 Å². The van der Waals surface area contributed by atoms with Crippen LogP contribution in [0.3, 0.4) is 0 Å². The zero-order valence-corrected chi connectivity index (χ0v) is 13.5. The molecule has 2 rings (SSSR count). The molecule has 0 radical (unpaired) electrons. The number of amides is 2. The Hall–Kier alpha value is -2.45. The summed E-state index contributed by atoms with van der Waals surface area (Å²) in [5.41, 5.74) is 0. The van der Waals surface area contributed by atoms with Crippen LogP contribution < -0.4 is 10.1 Å². The van der Waals surface area contributed by atoms with Gasteiger partial charge in [-0.2, -0.15) is 13.2 Å². The maximum absolute atomic E-state index is 12.4. The van der Waals surface area contributed by atoms with E-state index in [0.29, 0.717) is 5.75 Å². The van der Waals surface area contributed by atoms with Crippen molar-refractivity contribution >= 4 is 11.8 Å². The van der Waals surface area contributed by atoms with Crippen molar-refractivity contribution in [3.05, 3.63) is 24.3 Å². The van der Waals surface area contributed by atoms with Crippen LogP contribution in [0.2, 0.25) is 0 Å². The van der Waals surface area contributed by atoms with Gasteiger partial charge in [-0.05, 0) is 44.0 Å². The second kappa shape index (κ2) is 7.62. The number of benzene rings is 1. The number of halogens is 3. The molecule has 138 valence electrons. The number of phenolic OH excluding ortho intramolecular Hbond substituents is 1. The Morgan fingerprint density at radius 2 is 1.80 bits per heavy atom. The fourth-order valence-electron chi connectivity index (χ4n) is 2.51. The lowest BCUT2D eigenvalue weighted by atomic mass is 10.0. The molecule has 25 heavy (non-hydrogen) atoms. The number of phenols is 1. The average molecular weight is 360 g/mol. The SMILES string of the molecule is CC(Oc1ccc(O)cc1)C(=O)NC1CCN(C(=O)C(F)(F)F)CC1. The zero-order valence-electron chi connectivity index (χ0n) is 13.5. The molecule has 0 saturated carbocycles. The molecule has 0 aromatic heterocycles. The van der Waals surface area contributed by atoms with Crippen LogP contribution in [0.4, 0.5) is 13.2 Å². The summed E-state index contributed by atoms with van der Waals surface area (Å²) in [6, 6.07) is 5.57. The molecule has 2 amide bonds. The lowest BCUT2D eigenvalue weighted by Gasteiger charge is -2.33. The van der Waals surface area contributed by atoms with Crippen molar-refractivity contribution in [1.82, 2.24) is 10.2 Å². The van der Waals surface area contributed by atoms with Crippen LogP contribution in [0, 0.1) is 0 Å². The molecule has 1 fully saturated rings. The maximum atomic E-state index is 12.4. The van der Waals surface area contributed by atoms with Crippen molar-refractivity contribution < 1.29 is 32.6 Å². The van der Waals surface area contributed by atoms with Crippen molar-refractivity contribution in [3.8, 4) is 11.5 Å². The molecule has 0 spiro atoms. The minimum Gasteiger partial charge on any atom is -0.508 e. The molecule has 1 aliphatic heterocycles. The fraction of sp³-hybridized carbons (Fsp3) is 0.500. The Kier molecular flexibility index (Phi) is 5.76. The van der Waals surface area contributed by atoms with Gasteiger partial charge in [0, 0.05) is 19.1 Å². The number of nitrogens with one attached hydrogen (secondary N) is 1. The van der Waals surface area contributed by atoms with Crippen molar-refractivity contribution in [2.24, 2.45) is 0 Å². The predicted octanol–water partition coefficient (Wildman–Crippen LogP) is 1.83.